The Morgan fingerprint density at radius 2 is 1.72 bits per heavy atom. The van der Waals surface area contributed by atoms with E-state index in [1.54, 1.807) is 0 Å². The van der Waals surface area contributed by atoms with Crippen LogP contribution in [0.2, 0.25) is 0 Å². The molecule has 0 aliphatic heterocycles. The lowest BCUT2D eigenvalue weighted by molar-refractivity contribution is 0.414. The van der Waals surface area contributed by atoms with Crippen LogP contribution in [0, 0.1) is 0 Å². The summed E-state index contributed by atoms with van der Waals surface area (Å²) in [6.45, 7) is 3.16. The molecule has 0 radical (unpaired) electrons. The Bertz CT molecular complexity index is 487. The van der Waals surface area contributed by atoms with Crippen molar-refractivity contribution in [2.75, 3.05) is 0 Å². The summed E-state index contributed by atoms with van der Waals surface area (Å²) in [4.78, 5) is 0. The van der Waals surface area contributed by atoms with Crippen LogP contribution < -0.4 is 0 Å². The van der Waals surface area contributed by atoms with Crippen molar-refractivity contribution in [3.8, 4) is 5.88 Å². The second kappa shape index (κ2) is 6.48. The average molecular weight is 245 g/mol. The zero-order valence-corrected chi connectivity index (χ0v) is 11.2. The van der Waals surface area contributed by atoms with Crippen molar-refractivity contribution in [1.82, 2.24) is 4.57 Å². The number of rotatable bonds is 7. The quantitative estimate of drug-likeness (QED) is 0.702. The highest BCUT2D eigenvalue weighted by atomic mass is 16.3. The standard InChI is InChI=1S/C16H23NO/c1-2-3-4-5-6-9-12-17-13-14-10-7-8-11-15(14)16(17)18/h7-8,10-11,13,18H,2-6,9,12H2,1H3. The highest BCUT2D eigenvalue weighted by Crippen LogP contribution is 2.27. The number of benzene rings is 1. The van der Waals surface area contributed by atoms with Gasteiger partial charge in [-0.15, -0.1) is 0 Å². The Morgan fingerprint density at radius 3 is 2.50 bits per heavy atom. The lowest BCUT2D eigenvalue weighted by Gasteiger charge is -2.04. The van der Waals surface area contributed by atoms with Gasteiger partial charge < -0.3 is 9.67 Å². The average Bonchev–Trinajstić information content (AvgIpc) is 2.71. The second-order valence-electron chi connectivity index (χ2n) is 5.00. The molecular formula is C16H23NO. The van der Waals surface area contributed by atoms with E-state index in [1.807, 2.05) is 28.8 Å². The van der Waals surface area contributed by atoms with Crippen LogP contribution in [0.4, 0.5) is 0 Å². The van der Waals surface area contributed by atoms with E-state index in [1.165, 1.54) is 32.1 Å². The third-order valence-corrected chi connectivity index (χ3v) is 3.52. The first-order valence-corrected chi connectivity index (χ1v) is 7.09. The van der Waals surface area contributed by atoms with Crippen molar-refractivity contribution in [1.29, 1.82) is 0 Å². The van der Waals surface area contributed by atoms with Gasteiger partial charge in [0.2, 0.25) is 0 Å². The molecule has 2 rings (SSSR count). The Morgan fingerprint density at radius 1 is 1.00 bits per heavy atom. The van der Waals surface area contributed by atoms with Gasteiger partial charge in [0, 0.05) is 23.5 Å². The molecule has 18 heavy (non-hydrogen) atoms. The van der Waals surface area contributed by atoms with Gasteiger partial charge in [-0.05, 0) is 12.5 Å². The Labute approximate surface area is 109 Å². The van der Waals surface area contributed by atoms with Gasteiger partial charge >= 0.3 is 0 Å². The zero-order chi connectivity index (χ0) is 12.8. The first-order valence-electron chi connectivity index (χ1n) is 7.09. The maximum atomic E-state index is 10.1. The Hall–Kier alpha value is -1.44. The summed E-state index contributed by atoms with van der Waals surface area (Å²) in [6, 6.07) is 8.00. The lowest BCUT2D eigenvalue weighted by atomic mass is 10.1. The minimum Gasteiger partial charge on any atom is -0.494 e. The van der Waals surface area contributed by atoms with Crippen molar-refractivity contribution < 1.29 is 5.11 Å². The summed E-state index contributed by atoms with van der Waals surface area (Å²) in [5, 5.41) is 12.2. The summed E-state index contributed by atoms with van der Waals surface area (Å²) < 4.78 is 1.98. The molecule has 0 atom stereocenters. The van der Waals surface area contributed by atoms with Crippen LogP contribution in [-0.2, 0) is 6.54 Å². The normalized spacial score (nSPS) is 11.2. The molecule has 0 aliphatic rings. The number of nitrogens with zero attached hydrogens (tertiary/aromatic N) is 1. The maximum absolute atomic E-state index is 10.1. The highest BCUT2D eigenvalue weighted by Gasteiger charge is 2.06. The number of aromatic hydroxyl groups is 1. The van der Waals surface area contributed by atoms with Crippen LogP contribution in [0.25, 0.3) is 10.8 Å². The molecule has 98 valence electrons. The van der Waals surface area contributed by atoms with E-state index in [-0.39, 0.29) is 0 Å². The predicted molar refractivity (Wildman–Crippen MR) is 77.0 cm³/mol. The van der Waals surface area contributed by atoms with Gasteiger partial charge in [-0.3, -0.25) is 0 Å². The van der Waals surface area contributed by atoms with Crippen molar-refractivity contribution in [2.24, 2.45) is 0 Å². The van der Waals surface area contributed by atoms with E-state index in [4.69, 9.17) is 0 Å². The van der Waals surface area contributed by atoms with Gasteiger partial charge in [-0.1, -0.05) is 57.2 Å². The molecule has 1 aromatic carbocycles. The van der Waals surface area contributed by atoms with Crippen LogP contribution in [0.5, 0.6) is 5.88 Å². The molecule has 0 saturated carbocycles. The highest BCUT2D eigenvalue weighted by molar-refractivity contribution is 5.87. The molecule has 0 bridgehead atoms. The number of hydrogen-bond acceptors (Lipinski definition) is 1. The monoisotopic (exact) mass is 245 g/mol. The Kier molecular flexibility index (Phi) is 4.68. The predicted octanol–water partition coefficient (Wildman–Crippen LogP) is 4.71. The van der Waals surface area contributed by atoms with E-state index in [9.17, 15) is 5.11 Å². The third kappa shape index (κ3) is 3.06. The van der Waals surface area contributed by atoms with Gasteiger partial charge in [0.15, 0.2) is 5.88 Å². The first kappa shape index (κ1) is 13.0. The van der Waals surface area contributed by atoms with Crippen molar-refractivity contribution in [3.05, 3.63) is 30.5 Å². The van der Waals surface area contributed by atoms with Crippen LogP contribution >= 0.6 is 0 Å². The van der Waals surface area contributed by atoms with Crippen LogP contribution in [0.15, 0.2) is 30.5 Å². The molecule has 1 N–H and O–H groups in total. The third-order valence-electron chi connectivity index (χ3n) is 3.52. The van der Waals surface area contributed by atoms with E-state index >= 15 is 0 Å². The lowest BCUT2D eigenvalue weighted by Crippen LogP contribution is -1.95. The number of aryl methyl sites for hydroxylation is 1. The number of hydrogen-bond donors (Lipinski definition) is 1. The molecule has 1 heterocycles. The summed E-state index contributed by atoms with van der Waals surface area (Å²) in [7, 11) is 0. The second-order valence-corrected chi connectivity index (χ2v) is 5.00. The number of unbranched alkanes of at least 4 members (excludes halogenated alkanes) is 5. The topological polar surface area (TPSA) is 25.2 Å². The molecule has 2 heteroatoms. The molecular weight excluding hydrogens is 222 g/mol. The molecule has 1 aromatic heterocycles. The smallest absolute Gasteiger partial charge is 0.199 e. The van der Waals surface area contributed by atoms with Gasteiger partial charge in [0.1, 0.15) is 0 Å². The fourth-order valence-corrected chi connectivity index (χ4v) is 2.43. The number of fused-ring (bicyclic) bond motifs is 1. The minimum absolute atomic E-state index is 0.416. The zero-order valence-electron chi connectivity index (χ0n) is 11.2. The summed E-state index contributed by atoms with van der Waals surface area (Å²) in [5.74, 6) is 0.416. The van der Waals surface area contributed by atoms with Crippen molar-refractivity contribution >= 4 is 10.8 Å². The van der Waals surface area contributed by atoms with Gasteiger partial charge in [-0.25, -0.2) is 0 Å². The van der Waals surface area contributed by atoms with E-state index in [0.717, 1.165) is 23.7 Å². The minimum atomic E-state index is 0.416. The maximum Gasteiger partial charge on any atom is 0.199 e. The molecule has 0 aliphatic carbocycles. The fourth-order valence-electron chi connectivity index (χ4n) is 2.43. The van der Waals surface area contributed by atoms with E-state index in [2.05, 4.69) is 13.1 Å². The van der Waals surface area contributed by atoms with Gasteiger partial charge in [-0.2, -0.15) is 0 Å². The molecule has 0 saturated heterocycles. The largest absolute Gasteiger partial charge is 0.494 e. The summed E-state index contributed by atoms with van der Waals surface area (Å²) in [5.41, 5.74) is 0. The van der Waals surface area contributed by atoms with Crippen LogP contribution in [0.1, 0.15) is 45.4 Å². The number of aromatic nitrogens is 1. The van der Waals surface area contributed by atoms with Crippen molar-refractivity contribution in [3.63, 3.8) is 0 Å². The molecule has 0 fully saturated rings. The summed E-state index contributed by atoms with van der Waals surface area (Å²) in [6.07, 6.45) is 9.76. The van der Waals surface area contributed by atoms with E-state index < -0.39 is 0 Å². The van der Waals surface area contributed by atoms with Crippen molar-refractivity contribution in [2.45, 2.75) is 52.0 Å². The molecule has 0 amide bonds. The van der Waals surface area contributed by atoms with E-state index in [0.29, 0.717) is 5.88 Å². The molecule has 2 nitrogen and oxygen atoms in total. The fraction of sp³-hybridized carbons (Fsp3) is 0.500. The summed E-state index contributed by atoms with van der Waals surface area (Å²) >= 11 is 0. The Balaban J connectivity index is 1.86. The van der Waals surface area contributed by atoms with Crippen LogP contribution in [0.3, 0.4) is 0 Å². The molecule has 0 unspecified atom stereocenters. The van der Waals surface area contributed by atoms with Crippen LogP contribution in [-0.4, -0.2) is 9.67 Å². The van der Waals surface area contributed by atoms with Gasteiger partial charge in [0.05, 0.1) is 0 Å². The SMILES string of the molecule is CCCCCCCCn1cc2ccccc2c1O. The molecule has 0 spiro atoms. The first-order chi connectivity index (χ1) is 8.83. The molecule has 2 aromatic rings. The van der Waals surface area contributed by atoms with Gasteiger partial charge in [0.25, 0.3) is 0 Å².